The normalized spacial score (nSPS) is 16.1. The van der Waals surface area contributed by atoms with Crippen LogP contribution in [0.15, 0.2) is 36.8 Å². The van der Waals surface area contributed by atoms with Crippen LogP contribution in [0.1, 0.15) is 6.42 Å². The minimum Gasteiger partial charge on any atom is -0.366 e. The van der Waals surface area contributed by atoms with E-state index in [9.17, 15) is 0 Å². The molecule has 0 aromatic carbocycles. The maximum absolute atomic E-state index is 4.18. The predicted octanol–water partition coefficient (Wildman–Crippen LogP) is 2.33. The summed E-state index contributed by atoms with van der Waals surface area (Å²) in [5.41, 5.74) is 2.43. The first kappa shape index (κ1) is 8.53. The Morgan fingerprint density at radius 3 is 3.20 bits per heavy atom. The molecule has 0 aliphatic carbocycles. The number of nitrogens with zero attached hydrogens (tertiary/aromatic N) is 2. The zero-order chi connectivity index (χ0) is 10.1. The van der Waals surface area contributed by atoms with Crippen LogP contribution in [-0.2, 0) is 0 Å². The zero-order valence-corrected chi connectivity index (χ0v) is 8.48. The van der Waals surface area contributed by atoms with Crippen LogP contribution in [0.4, 0.5) is 5.69 Å². The van der Waals surface area contributed by atoms with Crippen LogP contribution in [0.25, 0.3) is 10.9 Å². The smallest absolute Gasteiger partial charge is 0.0642 e. The molecule has 0 bridgehead atoms. The van der Waals surface area contributed by atoms with E-state index in [2.05, 4.69) is 33.2 Å². The Balaban J connectivity index is 2.07. The van der Waals surface area contributed by atoms with Gasteiger partial charge in [-0.2, -0.15) is 0 Å². The Hall–Kier alpha value is -1.77. The number of H-pyrrole nitrogens is 1. The van der Waals surface area contributed by atoms with Gasteiger partial charge >= 0.3 is 0 Å². The lowest BCUT2D eigenvalue weighted by Gasteiger charge is -2.24. The van der Waals surface area contributed by atoms with Gasteiger partial charge in [-0.25, -0.2) is 0 Å². The molecule has 1 N–H and O–H groups in total. The molecule has 0 saturated carbocycles. The Kier molecular flexibility index (Phi) is 1.95. The maximum atomic E-state index is 4.18. The van der Waals surface area contributed by atoms with Crippen molar-refractivity contribution >= 4 is 16.6 Å². The topological polar surface area (TPSA) is 31.9 Å². The third kappa shape index (κ3) is 1.40. The van der Waals surface area contributed by atoms with Gasteiger partial charge in [0.2, 0.25) is 0 Å². The third-order valence-electron chi connectivity index (χ3n) is 2.86. The second-order valence-electron chi connectivity index (χ2n) is 3.80. The summed E-state index contributed by atoms with van der Waals surface area (Å²) in [5, 5.41) is 1.22. The van der Waals surface area contributed by atoms with Crippen molar-refractivity contribution in [1.29, 1.82) is 0 Å². The molecule has 3 heteroatoms. The average molecular weight is 199 g/mol. The molecule has 2 aromatic rings. The molecule has 0 spiro atoms. The summed E-state index contributed by atoms with van der Waals surface area (Å²) >= 11 is 0. The van der Waals surface area contributed by atoms with Gasteiger partial charge in [-0.1, -0.05) is 12.2 Å². The van der Waals surface area contributed by atoms with E-state index in [1.54, 1.807) is 0 Å². The fourth-order valence-corrected chi connectivity index (χ4v) is 2.07. The highest BCUT2D eigenvalue weighted by atomic mass is 15.1. The first-order chi connectivity index (χ1) is 7.45. The quantitative estimate of drug-likeness (QED) is 0.715. The number of aromatic nitrogens is 2. The van der Waals surface area contributed by atoms with Crippen molar-refractivity contribution in [1.82, 2.24) is 9.97 Å². The first-order valence-corrected chi connectivity index (χ1v) is 5.26. The Bertz CT molecular complexity index is 498. The summed E-state index contributed by atoms with van der Waals surface area (Å²) < 4.78 is 0. The van der Waals surface area contributed by atoms with Gasteiger partial charge in [0, 0.05) is 37.1 Å². The first-order valence-electron chi connectivity index (χ1n) is 5.26. The lowest BCUT2D eigenvalue weighted by atomic mass is 10.2. The van der Waals surface area contributed by atoms with Gasteiger partial charge < -0.3 is 9.88 Å². The van der Waals surface area contributed by atoms with Gasteiger partial charge in [0.25, 0.3) is 0 Å². The van der Waals surface area contributed by atoms with E-state index in [0.717, 1.165) is 25.0 Å². The number of aromatic amines is 1. The molecule has 0 saturated heterocycles. The van der Waals surface area contributed by atoms with Crippen molar-refractivity contribution in [2.75, 3.05) is 18.0 Å². The molecule has 3 heterocycles. The molecular formula is C12H13N3. The van der Waals surface area contributed by atoms with Crippen molar-refractivity contribution in [3.05, 3.63) is 36.8 Å². The summed E-state index contributed by atoms with van der Waals surface area (Å²) in [5.74, 6) is 0. The largest absolute Gasteiger partial charge is 0.366 e. The molecule has 0 amide bonds. The van der Waals surface area contributed by atoms with Crippen molar-refractivity contribution in [3.63, 3.8) is 0 Å². The van der Waals surface area contributed by atoms with E-state index >= 15 is 0 Å². The van der Waals surface area contributed by atoms with E-state index in [-0.39, 0.29) is 0 Å². The van der Waals surface area contributed by atoms with Crippen LogP contribution in [-0.4, -0.2) is 23.1 Å². The van der Waals surface area contributed by atoms with Crippen LogP contribution in [0, 0.1) is 0 Å². The molecule has 3 rings (SSSR count). The number of hydrogen-bond acceptors (Lipinski definition) is 2. The van der Waals surface area contributed by atoms with Gasteiger partial charge in [0.05, 0.1) is 11.2 Å². The highest BCUT2D eigenvalue weighted by Gasteiger charge is 2.11. The Morgan fingerprint density at radius 1 is 1.33 bits per heavy atom. The van der Waals surface area contributed by atoms with Gasteiger partial charge in [0.15, 0.2) is 0 Å². The monoisotopic (exact) mass is 199 g/mol. The molecule has 76 valence electrons. The van der Waals surface area contributed by atoms with Crippen LogP contribution < -0.4 is 4.90 Å². The van der Waals surface area contributed by atoms with E-state index < -0.39 is 0 Å². The van der Waals surface area contributed by atoms with Crippen LogP contribution in [0.2, 0.25) is 0 Å². The van der Waals surface area contributed by atoms with Gasteiger partial charge in [-0.05, 0) is 12.5 Å². The second-order valence-corrected chi connectivity index (χ2v) is 3.80. The van der Waals surface area contributed by atoms with Crippen molar-refractivity contribution in [2.24, 2.45) is 0 Å². The third-order valence-corrected chi connectivity index (χ3v) is 2.86. The summed E-state index contributed by atoms with van der Waals surface area (Å²) in [6.07, 6.45) is 11.4. The maximum Gasteiger partial charge on any atom is 0.0642 e. The Morgan fingerprint density at radius 2 is 2.33 bits per heavy atom. The van der Waals surface area contributed by atoms with Gasteiger partial charge in [0.1, 0.15) is 0 Å². The molecule has 1 aliphatic rings. The fourth-order valence-electron chi connectivity index (χ4n) is 2.07. The molecule has 2 aromatic heterocycles. The SMILES string of the molecule is C1=CCN(c2c[nH]c3ccncc23)CC1. The highest BCUT2D eigenvalue weighted by molar-refractivity contribution is 5.92. The van der Waals surface area contributed by atoms with Crippen LogP contribution >= 0.6 is 0 Å². The molecule has 0 unspecified atom stereocenters. The highest BCUT2D eigenvalue weighted by Crippen LogP contribution is 2.26. The number of anilines is 1. The molecule has 0 atom stereocenters. The van der Waals surface area contributed by atoms with Crippen molar-refractivity contribution in [3.8, 4) is 0 Å². The second kappa shape index (κ2) is 3.42. The minimum absolute atomic E-state index is 1.00. The molecular weight excluding hydrogens is 186 g/mol. The molecule has 1 aliphatic heterocycles. The Labute approximate surface area is 88.4 Å². The molecule has 0 fully saturated rings. The standard InChI is InChI=1S/C12H13N3/c1-2-6-15(7-3-1)12-9-14-11-4-5-13-8-10(11)12/h1-2,4-5,8-9,14H,3,6-7H2. The molecule has 3 nitrogen and oxygen atoms in total. The predicted molar refractivity (Wildman–Crippen MR) is 62.1 cm³/mol. The van der Waals surface area contributed by atoms with Crippen molar-refractivity contribution < 1.29 is 0 Å². The molecule has 15 heavy (non-hydrogen) atoms. The number of hydrogen-bond donors (Lipinski definition) is 1. The average Bonchev–Trinajstić information content (AvgIpc) is 2.74. The zero-order valence-electron chi connectivity index (χ0n) is 8.48. The van der Waals surface area contributed by atoms with E-state index in [1.807, 2.05) is 18.5 Å². The van der Waals surface area contributed by atoms with Crippen LogP contribution in [0.3, 0.4) is 0 Å². The number of pyridine rings is 1. The lowest BCUT2D eigenvalue weighted by molar-refractivity contribution is 0.824. The van der Waals surface area contributed by atoms with E-state index in [0.29, 0.717) is 0 Å². The van der Waals surface area contributed by atoms with Crippen molar-refractivity contribution in [2.45, 2.75) is 6.42 Å². The van der Waals surface area contributed by atoms with Crippen LogP contribution in [0.5, 0.6) is 0 Å². The van der Waals surface area contributed by atoms with E-state index in [1.165, 1.54) is 11.1 Å². The summed E-state index contributed by atoms with van der Waals surface area (Å²) in [7, 11) is 0. The number of rotatable bonds is 1. The summed E-state index contributed by atoms with van der Waals surface area (Å²) in [4.78, 5) is 9.83. The lowest BCUT2D eigenvalue weighted by Crippen LogP contribution is -2.26. The van der Waals surface area contributed by atoms with Gasteiger partial charge in [-0.15, -0.1) is 0 Å². The van der Waals surface area contributed by atoms with Gasteiger partial charge in [-0.3, -0.25) is 4.98 Å². The minimum atomic E-state index is 1.00. The summed E-state index contributed by atoms with van der Waals surface area (Å²) in [6.45, 7) is 2.10. The molecule has 0 radical (unpaired) electrons. The number of fused-ring (bicyclic) bond motifs is 1. The number of nitrogens with one attached hydrogen (secondary N) is 1. The van der Waals surface area contributed by atoms with E-state index in [4.69, 9.17) is 0 Å². The summed E-state index contributed by atoms with van der Waals surface area (Å²) in [6, 6.07) is 2.01. The fraction of sp³-hybridized carbons (Fsp3) is 0.250.